The number of carbonyl (C=O) groups is 1. The summed E-state index contributed by atoms with van der Waals surface area (Å²) in [6.07, 6.45) is 3.25. The molecule has 11 nitrogen and oxygen atoms in total. The van der Waals surface area contributed by atoms with E-state index in [9.17, 15) is 4.79 Å². The van der Waals surface area contributed by atoms with Gasteiger partial charge < -0.3 is 14.0 Å². The van der Waals surface area contributed by atoms with E-state index in [4.69, 9.17) is 14.0 Å². The highest BCUT2D eigenvalue weighted by atomic mass is 32.1. The number of rotatable bonds is 7. The van der Waals surface area contributed by atoms with E-state index in [1.54, 1.807) is 31.6 Å². The van der Waals surface area contributed by atoms with Crippen molar-refractivity contribution in [1.82, 2.24) is 30.5 Å². The van der Waals surface area contributed by atoms with Crippen molar-refractivity contribution in [2.45, 2.75) is 13.5 Å². The lowest BCUT2D eigenvalue weighted by Gasteiger charge is -2.05. The Morgan fingerprint density at radius 1 is 1.20 bits per heavy atom. The number of fused-ring (bicyclic) bond motifs is 1. The number of carbonyl (C=O) groups excluding carboxylic acids is 1. The van der Waals surface area contributed by atoms with Gasteiger partial charge in [0.2, 0.25) is 11.7 Å². The van der Waals surface area contributed by atoms with Crippen molar-refractivity contribution in [3.05, 3.63) is 40.8 Å². The third-order valence-electron chi connectivity index (χ3n) is 4.12. The maximum Gasteiger partial charge on any atom is 0.340 e. The Bertz CT molecular complexity index is 1190. The highest BCUT2D eigenvalue weighted by Crippen LogP contribution is 2.35. The summed E-state index contributed by atoms with van der Waals surface area (Å²) in [5.41, 5.74) is 6.64. The Hall–Kier alpha value is -3.64. The molecule has 0 radical (unpaired) electrons. The summed E-state index contributed by atoms with van der Waals surface area (Å²) in [5.74, 6) is 0.863. The molecule has 30 heavy (non-hydrogen) atoms. The van der Waals surface area contributed by atoms with Crippen LogP contribution in [0.2, 0.25) is 0 Å². The minimum atomic E-state index is -0.380. The fourth-order valence-electron chi connectivity index (χ4n) is 2.76. The number of ether oxygens (including phenoxy) is 2. The second-order valence-electron chi connectivity index (χ2n) is 6.06. The van der Waals surface area contributed by atoms with E-state index < -0.39 is 0 Å². The average molecular weight is 427 g/mol. The minimum absolute atomic E-state index is 0.0497. The highest BCUT2D eigenvalue weighted by molar-refractivity contribution is 7.20. The van der Waals surface area contributed by atoms with Gasteiger partial charge in [-0.1, -0.05) is 5.16 Å². The summed E-state index contributed by atoms with van der Waals surface area (Å²) in [4.78, 5) is 30.7. The van der Waals surface area contributed by atoms with Crippen molar-refractivity contribution in [2.75, 3.05) is 19.6 Å². The standard InChI is InChI=1S/C18H17N7O4S/c1-9-12-16(28-3)20-11(8-27-2)21-17(12)30-13(9)15(26)23-24-18-22-14(25-29-18)10-4-6-19-7-5-10/h4-7H,8H2,1-3H3,(H,23,26)(H,22,24,25). The first-order valence-electron chi connectivity index (χ1n) is 8.74. The first-order chi connectivity index (χ1) is 14.6. The molecule has 154 valence electrons. The van der Waals surface area contributed by atoms with Gasteiger partial charge in [-0.25, -0.2) is 10.4 Å². The number of pyridine rings is 1. The summed E-state index contributed by atoms with van der Waals surface area (Å²) >= 11 is 1.23. The van der Waals surface area contributed by atoms with Crippen LogP contribution in [-0.4, -0.2) is 45.2 Å². The number of aryl methyl sites for hydroxylation is 1. The fraction of sp³-hybridized carbons (Fsp3) is 0.222. The van der Waals surface area contributed by atoms with Crippen LogP contribution in [0.25, 0.3) is 21.6 Å². The van der Waals surface area contributed by atoms with Gasteiger partial charge in [-0.05, 0) is 24.6 Å². The Kier molecular flexibility index (Phi) is 5.50. The first kappa shape index (κ1) is 19.7. The van der Waals surface area contributed by atoms with Gasteiger partial charge >= 0.3 is 6.01 Å². The number of nitrogens with one attached hydrogen (secondary N) is 2. The van der Waals surface area contributed by atoms with Crippen molar-refractivity contribution in [3.8, 4) is 17.3 Å². The number of methoxy groups -OCH3 is 2. The number of amides is 1. The topological polar surface area (TPSA) is 137 Å². The molecule has 0 aliphatic heterocycles. The normalized spacial score (nSPS) is 10.9. The largest absolute Gasteiger partial charge is 0.480 e. The summed E-state index contributed by atoms with van der Waals surface area (Å²) in [6.45, 7) is 2.05. The molecule has 0 atom stereocenters. The third kappa shape index (κ3) is 3.77. The van der Waals surface area contributed by atoms with Crippen molar-refractivity contribution in [3.63, 3.8) is 0 Å². The molecule has 2 N–H and O–H groups in total. The predicted octanol–water partition coefficient (Wildman–Crippen LogP) is 2.36. The van der Waals surface area contributed by atoms with Gasteiger partial charge in [0.1, 0.15) is 11.4 Å². The van der Waals surface area contributed by atoms with Crippen LogP contribution >= 0.6 is 11.3 Å². The second kappa shape index (κ2) is 8.39. The maximum atomic E-state index is 12.7. The zero-order valence-electron chi connectivity index (χ0n) is 16.3. The van der Waals surface area contributed by atoms with E-state index in [1.807, 2.05) is 6.92 Å². The van der Waals surface area contributed by atoms with Crippen molar-refractivity contribution in [2.24, 2.45) is 0 Å². The molecular formula is C18H17N7O4S. The van der Waals surface area contributed by atoms with E-state index in [0.29, 0.717) is 38.2 Å². The smallest absolute Gasteiger partial charge is 0.340 e. The van der Waals surface area contributed by atoms with Gasteiger partial charge in [-0.2, -0.15) is 9.97 Å². The molecule has 4 heterocycles. The average Bonchev–Trinajstić information content (AvgIpc) is 3.37. The molecule has 4 aromatic rings. The van der Waals surface area contributed by atoms with Gasteiger partial charge in [0.25, 0.3) is 5.91 Å². The number of nitrogens with zero attached hydrogens (tertiary/aromatic N) is 5. The van der Waals surface area contributed by atoms with E-state index in [-0.39, 0.29) is 18.5 Å². The number of hydrogen-bond donors (Lipinski definition) is 2. The van der Waals surface area contributed by atoms with Crippen molar-refractivity contribution < 1.29 is 18.8 Å². The number of thiophene rings is 1. The zero-order chi connectivity index (χ0) is 21.1. The zero-order valence-corrected chi connectivity index (χ0v) is 17.1. The van der Waals surface area contributed by atoms with Gasteiger partial charge in [0.15, 0.2) is 5.82 Å². The van der Waals surface area contributed by atoms with Crippen LogP contribution < -0.4 is 15.6 Å². The molecule has 4 rings (SSSR count). The molecule has 0 spiro atoms. The molecule has 0 unspecified atom stereocenters. The summed E-state index contributed by atoms with van der Waals surface area (Å²) in [6, 6.07) is 3.55. The molecule has 0 saturated heterocycles. The predicted molar refractivity (Wildman–Crippen MR) is 108 cm³/mol. The SMILES string of the molecule is COCc1nc(OC)c2c(C)c(C(=O)NNc3nc(-c4ccncc4)no3)sc2n1. The van der Waals surface area contributed by atoms with Crippen molar-refractivity contribution in [1.29, 1.82) is 0 Å². The Morgan fingerprint density at radius 2 is 2.00 bits per heavy atom. The molecule has 0 aliphatic carbocycles. The molecule has 4 aromatic heterocycles. The second-order valence-corrected chi connectivity index (χ2v) is 7.06. The Balaban J connectivity index is 1.54. The van der Waals surface area contributed by atoms with Crippen LogP contribution in [0.3, 0.4) is 0 Å². The summed E-state index contributed by atoms with van der Waals surface area (Å²) in [7, 11) is 3.08. The van der Waals surface area contributed by atoms with Gasteiger partial charge in [0, 0.05) is 25.1 Å². The van der Waals surface area contributed by atoms with Crippen LogP contribution in [0.15, 0.2) is 29.0 Å². The molecule has 0 saturated carbocycles. The summed E-state index contributed by atoms with van der Waals surface area (Å²) in [5, 5.41) is 4.55. The van der Waals surface area contributed by atoms with Crippen LogP contribution in [0.5, 0.6) is 5.88 Å². The lowest BCUT2D eigenvalue weighted by atomic mass is 10.2. The number of hydrazine groups is 1. The fourth-order valence-corrected chi connectivity index (χ4v) is 3.85. The molecule has 1 amide bonds. The van der Waals surface area contributed by atoms with Crippen LogP contribution in [0.4, 0.5) is 6.01 Å². The molecule has 0 fully saturated rings. The quantitative estimate of drug-likeness (QED) is 0.423. The number of hydrogen-bond acceptors (Lipinski definition) is 11. The summed E-state index contributed by atoms with van der Waals surface area (Å²) < 4.78 is 15.6. The van der Waals surface area contributed by atoms with Crippen LogP contribution in [0, 0.1) is 6.92 Å². The highest BCUT2D eigenvalue weighted by Gasteiger charge is 2.21. The molecule has 12 heteroatoms. The van der Waals surface area contributed by atoms with Crippen LogP contribution in [-0.2, 0) is 11.3 Å². The third-order valence-corrected chi connectivity index (χ3v) is 5.31. The van der Waals surface area contributed by atoms with E-state index >= 15 is 0 Å². The van der Waals surface area contributed by atoms with E-state index in [0.717, 1.165) is 5.56 Å². The number of anilines is 1. The molecular weight excluding hydrogens is 410 g/mol. The molecule has 0 aromatic carbocycles. The van der Waals surface area contributed by atoms with Gasteiger partial charge in [-0.15, -0.1) is 11.3 Å². The van der Waals surface area contributed by atoms with E-state index in [1.165, 1.54) is 18.4 Å². The van der Waals surface area contributed by atoms with Crippen LogP contribution in [0.1, 0.15) is 21.1 Å². The minimum Gasteiger partial charge on any atom is -0.480 e. The Labute approximate surface area is 174 Å². The maximum absolute atomic E-state index is 12.7. The molecule has 0 aliphatic rings. The lowest BCUT2D eigenvalue weighted by Crippen LogP contribution is -2.29. The van der Waals surface area contributed by atoms with Gasteiger partial charge in [-0.3, -0.25) is 15.2 Å². The molecule has 0 bridgehead atoms. The van der Waals surface area contributed by atoms with Crippen molar-refractivity contribution >= 4 is 33.5 Å². The number of aromatic nitrogens is 5. The monoisotopic (exact) mass is 427 g/mol. The van der Waals surface area contributed by atoms with Gasteiger partial charge in [0.05, 0.1) is 17.4 Å². The lowest BCUT2D eigenvalue weighted by molar-refractivity contribution is 0.0964. The Morgan fingerprint density at radius 3 is 2.73 bits per heavy atom. The first-order valence-corrected chi connectivity index (χ1v) is 9.55. The van der Waals surface area contributed by atoms with E-state index in [2.05, 4.69) is 35.9 Å².